The van der Waals surface area contributed by atoms with E-state index in [0.717, 1.165) is 49.7 Å². The van der Waals surface area contributed by atoms with Crippen molar-refractivity contribution in [2.45, 2.75) is 38.5 Å². The van der Waals surface area contributed by atoms with Crippen LogP contribution in [0.1, 0.15) is 37.7 Å². The van der Waals surface area contributed by atoms with E-state index in [0.29, 0.717) is 71.2 Å². The number of Topliss-reactive ketones (excluding diaryl/α,β-unsaturated/α-hetero) is 1. The van der Waals surface area contributed by atoms with E-state index in [1.807, 2.05) is 24.3 Å². The number of hydrogen-bond acceptors (Lipinski definition) is 6. The minimum absolute atomic E-state index is 0.224. The van der Waals surface area contributed by atoms with E-state index in [9.17, 15) is 9.59 Å². The number of ketones is 1. The van der Waals surface area contributed by atoms with Gasteiger partial charge in [-0.05, 0) is 87.5 Å². The van der Waals surface area contributed by atoms with Crippen LogP contribution in [0.25, 0.3) is 10.9 Å². The third-order valence-electron chi connectivity index (χ3n) is 7.18. The van der Waals surface area contributed by atoms with E-state index in [1.54, 1.807) is 18.3 Å². The summed E-state index contributed by atoms with van der Waals surface area (Å²) in [7, 11) is 2.14. The number of anilines is 1. The highest BCUT2D eigenvalue weighted by molar-refractivity contribution is 6.31. The number of hydrogen-bond donors (Lipinski definition) is 1. The van der Waals surface area contributed by atoms with Crippen LogP contribution >= 0.6 is 11.6 Å². The molecule has 0 bridgehead atoms. The number of rotatable bonds is 11. The quantitative estimate of drug-likeness (QED) is 0.317. The van der Waals surface area contributed by atoms with Crippen LogP contribution in [0, 0.1) is 11.8 Å². The molecule has 2 aromatic carbocycles. The number of halogens is 1. The maximum absolute atomic E-state index is 12.3. The summed E-state index contributed by atoms with van der Waals surface area (Å²) < 4.78 is 12.3. The summed E-state index contributed by atoms with van der Waals surface area (Å²) in [5.74, 6) is 2.99. The average Bonchev–Trinajstić information content (AvgIpc) is 3.70. The molecule has 0 radical (unpaired) electrons. The Morgan fingerprint density at radius 2 is 1.92 bits per heavy atom. The lowest BCUT2D eigenvalue weighted by Gasteiger charge is -2.29. The molecule has 2 aliphatic rings. The van der Waals surface area contributed by atoms with Crippen LogP contribution < -0.4 is 14.8 Å². The number of benzene rings is 2. The van der Waals surface area contributed by atoms with Crippen molar-refractivity contribution in [1.29, 1.82) is 0 Å². The van der Waals surface area contributed by atoms with Crippen LogP contribution in [0.5, 0.6) is 17.2 Å². The summed E-state index contributed by atoms with van der Waals surface area (Å²) in [6.45, 7) is 2.72. The number of likely N-dealkylation sites (tertiary alicyclic amines) is 1. The molecule has 37 heavy (non-hydrogen) atoms. The lowest BCUT2D eigenvalue weighted by atomic mass is 9.98. The fourth-order valence-corrected chi connectivity index (χ4v) is 5.00. The van der Waals surface area contributed by atoms with Crippen LogP contribution in [0.2, 0.25) is 5.02 Å². The van der Waals surface area contributed by atoms with Gasteiger partial charge in [-0.2, -0.15) is 0 Å². The number of amides is 1. The molecular weight excluding hydrogens is 490 g/mol. The highest BCUT2D eigenvalue weighted by Crippen LogP contribution is 2.37. The number of carbonyl (C=O) groups excluding carboxylic acids is 2. The van der Waals surface area contributed by atoms with E-state index in [2.05, 4.69) is 22.2 Å². The molecule has 1 N–H and O–H groups in total. The molecule has 0 unspecified atom stereocenters. The van der Waals surface area contributed by atoms with Crippen molar-refractivity contribution in [2.24, 2.45) is 11.8 Å². The molecule has 2 heterocycles. The first-order valence-electron chi connectivity index (χ1n) is 12.9. The molecule has 1 saturated carbocycles. The van der Waals surface area contributed by atoms with Gasteiger partial charge in [-0.1, -0.05) is 17.7 Å². The summed E-state index contributed by atoms with van der Waals surface area (Å²) in [5.41, 5.74) is 2.07. The van der Waals surface area contributed by atoms with E-state index in [1.165, 1.54) is 0 Å². The molecule has 0 atom stereocenters. The minimum atomic E-state index is 0.224. The predicted molar refractivity (Wildman–Crippen MR) is 145 cm³/mol. The van der Waals surface area contributed by atoms with Crippen LogP contribution in [0.15, 0.2) is 42.6 Å². The molecule has 1 aliphatic carbocycles. The summed E-state index contributed by atoms with van der Waals surface area (Å²) >= 11 is 6.49. The van der Waals surface area contributed by atoms with Crippen molar-refractivity contribution in [3.63, 3.8) is 0 Å². The monoisotopic (exact) mass is 521 g/mol. The molecule has 1 aromatic heterocycles. The molecule has 0 spiro atoms. The number of pyridine rings is 1. The smallest absolute Gasteiger partial charge is 0.211 e. The Hall–Kier alpha value is -3.16. The molecule has 8 heteroatoms. The predicted octanol–water partition coefficient (Wildman–Crippen LogP) is 5.88. The fourth-order valence-electron chi connectivity index (χ4n) is 4.76. The van der Waals surface area contributed by atoms with Gasteiger partial charge in [-0.15, -0.1) is 0 Å². The van der Waals surface area contributed by atoms with Gasteiger partial charge >= 0.3 is 0 Å². The minimum Gasteiger partial charge on any atom is -0.491 e. The first-order chi connectivity index (χ1) is 18.0. The molecule has 1 aliphatic heterocycles. The van der Waals surface area contributed by atoms with E-state index in [-0.39, 0.29) is 5.78 Å². The molecule has 7 nitrogen and oxygen atoms in total. The summed E-state index contributed by atoms with van der Waals surface area (Å²) in [4.78, 5) is 30.4. The van der Waals surface area contributed by atoms with Gasteiger partial charge in [0.05, 0.1) is 17.8 Å². The van der Waals surface area contributed by atoms with Gasteiger partial charge in [0.15, 0.2) is 0 Å². The average molecular weight is 522 g/mol. The molecule has 2 fully saturated rings. The first-order valence-corrected chi connectivity index (χ1v) is 13.3. The van der Waals surface area contributed by atoms with Crippen LogP contribution in [0.3, 0.4) is 0 Å². The second kappa shape index (κ2) is 11.5. The number of carbonyl (C=O) groups is 2. The summed E-state index contributed by atoms with van der Waals surface area (Å²) in [5, 5.41) is 4.00. The molecule has 1 saturated heterocycles. The second-order valence-corrected chi connectivity index (χ2v) is 10.6. The standard InChI is InChI=1S/C29H32ClN3O4/c1-33-10-7-20(8-11-33)17-36-29-16-26-24(15-27(29)32-18-34)28(6-9-31-26)37-23-5-4-21(25(30)14-23)13-22(35)12-19-2-3-19/h4-6,9,14-16,18-20H,2-3,7-8,10-13,17H2,1H3,(H,32,34). The Morgan fingerprint density at radius 1 is 1.11 bits per heavy atom. The topological polar surface area (TPSA) is 80.8 Å². The number of nitrogens with zero attached hydrogens (tertiary/aromatic N) is 2. The Labute approximate surface area is 222 Å². The van der Waals surface area contributed by atoms with Crippen molar-refractivity contribution in [1.82, 2.24) is 9.88 Å². The third kappa shape index (κ3) is 6.59. The van der Waals surface area contributed by atoms with E-state index in [4.69, 9.17) is 21.1 Å². The number of fused-ring (bicyclic) bond motifs is 1. The summed E-state index contributed by atoms with van der Waals surface area (Å²) in [6, 6.07) is 10.8. The largest absolute Gasteiger partial charge is 0.491 e. The van der Waals surface area contributed by atoms with Gasteiger partial charge in [0.1, 0.15) is 23.0 Å². The Morgan fingerprint density at radius 3 is 2.65 bits per heavy atom. The highest BCUT2D eigenvalue weighted by Gasteiger charge is 2.24. The Balaban J connectivity index is 1.33. The number of ether oxygens (including phenoxy) is 2. The second-order valence-electron chi connectivity index (χ2n) is 10.2. The van der Waals surface area contributed by atoms with E-state index >= 15 is 0 Å². The maximum Gasteiger partial charge on any atom is 0.211 e. The normalized spacial score (nSPS) is 16.5. The van der Waals surface area contributed by atoms with Gasteiger partial charge in [-0.25, -0.2) is 0 Å². The molecule has 194 valence electrons. The third-order valence-corrected chi connectivity index (χ3v) is 7.54. The van der Waals surface area contributed by atoms with Gasteiger partial charge in [0.2, 0.25) is 6.41 Å². The van der Waals surface area contributed by atoms with Gasteiger partial charge in [0, 0.05) is 35.5 Å². The highest BCUT2D eigenvalue weighted by atomic mass is 35.5. The van der Waals surface area contributed by atoms with Crippen molar-refractivity contribution >= 4 is 40.4 Å². The number of piperidine rings is 1. The fraction of sp³-hybridized carbons (Fsp3) is 0.414. The van der Waals surface area contributed by atoms with Crippen molar-refractivity contribution in [3.05, 3.63) is 53.2 Å². The molecule has 5 rings (SSSR count). The molecule has 3 aromatic rings. The molecule has 1 amide bonds. The van der Waals surface area contributed by atoms with Crippen LogP contribution in [-0.4, -0.2) is 48.8 Å². The zero-order valence-electron chi connectivity index (χ0n) is 21.0. The lowest BCUT2D eigenvalue weighted by molar-refractivity contribution is -0.118. The summed E-state index contributed by atoms with van der Waals surface area (Å²) in [6.07, 6.45) is 7.79. The van der Waals surface area contributed by atoms with E-state index < -0.39 is 0 Å². The number of aromatic nitrogens is 1. The Bertz CT molecular complexity index is 1290. The zero-order chi connectivity index (χ0) is 25.8. The Kier molecular flexibility index (Phi) is 7.91. The van der Waals surface area contributed by atoms with Gasteiger partial charge < -0.3 is 19.7 Å². The first kappa shape index (κ1) is 25.5. The van der Waals surface area contributed by atoms with Crippen molar-refractivity contribution in [2.75, 3.05) is 32.1 Å². The van der Waals surface area contributed by atoms with Crippen molar-refractivity contribution < 1.29 is 19.1 Å². The lowest BCUT2D eigenvalue weighted by Crippen LogP contribution is -2.32. The maximum atomic E-state index is 12.3. The van der Waals surface area contributed by atoms with Crippen LogP contribution in [-0.2, 0) is 16.0 Å². The van der Waals surface area contributed by atoms with Gasteiger partial charge in [-0.3, -0.25) is 14.6 Å². The van der Waals surface area contributed by atoms with Crippen molar-refractivity contribution in [3.8, 4) is 17.2 Å². The number of nitrogens with one attached hydrogen (secondary N) is 1. The van der Waals surface area contributed by atoms with Crippen LogP contribution in [0.4, 0.5) is 5.69 Å². The molecular formula is C29H32ClN3O4. The SMILES string of the molecule is CN1CCC(COc2cc3nccc(Oc4ccc(CC(=O)CC5CC5)c(Cl)c4)c3cc2NC=O)CC1. The zero-order valence-corrected chi connectivity index (χ0v) is 21.8. The van der Waals surface area contributed by atoms with Gasteiger partial charge in [0.25, 0.3) is 0 Å².